The maximum Gasteiger partial charge on any atom is 0.186 e. The molecule has 0 amide bonds. The molecule has 6 nitrogen and oxygen atoms in total. The zero-order valence-electron chi connectivity index (χ0n) is 14.5. The summed E-state index contributed by atoms with van der Waals surface area (Å²) in [5.41, 5.74) is 3.72. The second-order valence-corrected chi connectivity index (χ2v) is 6.16. The molecule has 0 saturated heterocycles. The number of nitrogens with zero attached hydrogens (tertiary/aromatic N) is 5. The SMILES string of the molecule is CC1=NN(c2ccc(C(=O)[C@@H](C#N)c3cc(C)nc(C)n3)cc2)CC1. The summed E-state index contributed by atoms with van der Waals surface area (Å²) >= 11 is 0. The van der Waals surface area contributed by atoms with Crippen LogP contribution in [-0.2, 0) is 0 Å². The van der Waals surface area contributed by atoms with Gasteiger partial charge >= 0.3 is 0 Å². The van der Waals surface area contributed by atoms with Crippen LogP contribution in [0.1, 0.15) is 46.8 Å². The molecule has 0 radical (unpaired) electrons. The fraction of sp³-hybridized carbons (Fsp3) is 0.316. The molecule has 0 saturated carbocycles. The molecule has 1 aliphatic rings. The van der Waals surface area contributed by atoms with Crippen LogP contribution < -0.4 is 5.01 Å². The van der Waals surface area contributed by atoms with Gasteiger partial charge in [0.05, 0.1) is 17.5 Å². The summed E-state index contributed by atoms with van der Waals surface area (Å²) < 4.78 is 0. The van der Waals surface area contributed by atoms with E-state index in [1.807, 2.05) is 31.0 Å². The molecule has 0 N–H and O–H groups in total. The molecule has 0 spiro atoms. The van der Waals surface area contributed by atoms with Crippen molar-refractivity contribution in [3.63, 3.8) is 0 Å². The van der Waals surface area contributed by atoms with Gasteiger partial charge in [-0.15, -0.1) is 0 Å². The summed E-state index contributed by atoms with van der Waals surface area (Å²) in [6.45, 7) is 6.42. The number of benzene rings is 1. The zero-order chi connectivity index (χ0) is 18.0. The van der Waals surface area contributed by atoms with E-state index in [2.05, 4.69) is 21.1 Å². The molecular formula is C19H19N5O. The topological polar surface area (TPSA) is 82.2 Å². The Morgan fingerprint density at radius 3 is 2.48 bits per heavy atom. The van der Waals surface area contributed by atoms with Gasteiger partial charge in [-0.05, 0) is 51.1 Å². The molecule has 1 aromatic carbocycles. The monoisotopic (exact) mass is 333 g/mol. The highest BCUT2D eigenvalue weighted by Gasteiger charge is 2.24. The molecule has 0 fully saturated rings. The van der Waals surface area contributed by atoms with Crippen molar-refractivity contribution in [3.05, 3.63) is 53.1 Å². The Labute approximate surface area is 146 Å². The number of carbonyl (C=O) groups excluding carboxylic acids is 1. The Hall–Kier alpha value is -3.07. The van der Waals surface area contributed by atoms with E-state index in [1.54, 1.807) is 25.1 Å². The van der Waals surface area contributed by atoms with Crippen molar-refractivity contribution in [2.45, 2.75) is 33.1 Å². The van der Waals surface area contributed by atoms with Gasteiger partial charge in [0.25, 0.3) is 0 Å². The highest BCUT2D eigenvalue weighted by molar-refractivity contribution is 6.02. The number of carbonyl (C=O) groups is 1. The van der Waals surface area contributed by atoms with Crippen LogP contribution in [0.25, 0.3) is 0 Å². The molecule has 126 valence electrons. The summed E-state index contributed by atoms with van der Waals surface area (Å²) in [4.78, 5) is 21.2. The van der Waals surface area contributed by atoms with Crippen molar-refractivity contribution in [1.29, 1.82) is 5.26 Å². The molecule has 0 unspecified atom stereocenters. The van der Waals surface area contributed by atoms with Crippen molar-refractivity contribution in [2.24, 2.45) is 5.10 Å². The Kier molecular flexibility index (Phi) is 4.57. The maximum absolute atomic E-state index is 12.8. The molecule has 1 aliphatic heterocycles. The van der Waals surface area contributed by atoms with E-state index in [4.69, 9.17) is 0 Å². The van der Waals surface area contributed by atoms with Gasteiger partial charge < -0.3 is 0 Å². The number of rotatable bonds is 4. The van der Waals surface area contributed by atoms with Crippen molar-refractivity contribution in [1.82, 2.24) is 9.97 Å². The predicted molar refractivity (Wildman–Crippen MR) is 95.7 cm³/mol. The summed E-state index contributed by atoms with van der Waals surface area (Å²) in [5, 5.41) is 15.9. The third-order valence-corrected chi connectivity index (χ3v) is 4.10. The van der Waals surface area contributed by atoms with Gasteiger partial charge in [0.2, 0.25) is 0 Å². The van der Waals surface area contributed by atoms with Crippen LogP contribution in [0.4, 0.5) is 5.69 Å². The molecule has 6 heteroatoms. The molecule has 0 bridgehead atoms. The molecule has 2 aromatic rings. The first-order chi connectivity index (χ1) is 12.0. The van der Waals surface area contributed by atoms with Crippen molar-refractivity contribution in [2.75, 3.05) is 11.6 Å². The standard InChI is InChI=1S/C19H19N5O/c1-12-8-9-24(23-12)16-6-4-15(5-7-16)19(25)17(11-20)18-10-13(2)21-14(3)22-18/h4-7,10,17H,8-9H2,1-3H3/t17-/m0/s1. The number of anilines is 1. The Morgan fingerprint density at radius 2 is 1.92 bits per heavy atom. The van der Waals surface area contributed by atoms with Crippen LogP contribution in [-0.4, -0.2) is 28.0 Å². The smallest absolute Gasteiger partial charge is 0.186 e. The van der Waals surface area contributed by atoms with Gasteiger partial charge in [-0.2, -0.15) is 10.4 Å². The highest BCUT2D eigenvalue weighted by atomic mass is 16.1. The third-order valence-electron chi connectivity index (χ3n) is 4.10. The van der Waals surface area contributed by atoms with Crippen LogP contribution >= 0.6 is 0 Å². The summed E-state index contributed by atoms with van der Waals surface area (Å²) in [6.07, 6.45) is 0.948. The van der Waals surface area contributed by atoms with Gasteiger partial charge in [-0.1, -0.05) is 0 Å². The lowest BCUT2D eigenvalue weighted by atomic mass is 9.95. The van der Waals surface area contributed by atoms with Crippen LogP contribution in [0.15, 0.2) is 35.4 Å². The lowest BCUT2D eigenvalue weighted by Crippen LogP contribution is -2.15. The number of hydrogen-bond donors (Lipinski definition) is 0. The van der Waals surface area contributed by atoms with Crippen LogP contribution in [0.3, 0.4) is 0 Å². The minimum absolute atomic E-state index is 0.257. The number of hydrazone groups is 1. The number of hydrogen-bond acceptors (Lipinski definition) is 6. The van der Waals surface area contributed by atoms with Crippen LogP contribution in [0, 0.1) is 25.2 Å². The normalized spacial score (nSPS) is 14.8. The van der Waals surface area contributed by atoms with E-state index in [0.29, 0.717) is 17.1 Å². The van der Waals surface area contributed by atoms with E-state index in [9.17, 15) is 10.1 Å². The number of aryl methyl sites for hydroxylation is 2. The minimum atomic E-state index is -0.932. The highest BCUT2D eigenvalue weighted by Crippen LogP contribution is 2.23. The predicted octanol–water partition coefficient (Wildman–Crippen LogP) is 3.17. The average Bonchev–Trinajstić information content (AvgIpc) is 3.01. The van der Waals surface area contributed by atoms with Crippen LogP contribution in [0.5, 0.6) is 0 Å². The Bertz CT molecular complexity index is 859. The number of nitriles is 1. The Morgan fingerprint density at radius 1 is 1.20 bits per heavy atom. The fourth-order valence-electron chi connectivity index (χ4n) is 2.88. The number of Topliss-reactive ketones (excluding diaryl/α,β-unsaturated/α-hetero) is 1. The first-order valence-corrected chi connectivity index (χ1v) is 8.15. The summed E-state index contributed by atoms with van der Waals surface area (Å²) in [5.74, 6) is -0.633. The van der Waals surface area contributed by atoms with Gasteiger partial charge in [0, 0.05) is 29.9 Å². The first kappa shape index (κ1) is 16.8. The van der Waals surface area contributed by atoms with E-state index in [1.165, 1.54) is 0 Å². The maximum atomic E-state index is 12.8. The largest absolute Gasteiger partial charge is 0.292 e. The van der Waals surface area contributed by atoms with E-state index in [0.717, 1.165) is 30.1 Å². The molecule has 0 aliphatic carbocycles. The molecule has 2 heterocycles. The second kappa shape index (κ2) is 6.81. The lowest BCUT2D eigenvalue weighted by molar-refractivity contribution is 0.0977. The third kappa shape index (κ3) is 3.56. The quantitative estimate of drug-likeness (QED) is 0.803. The van der Waals surface area contributed by atoms with Gasteiger partial charge in [0.15, 0.2) is 11.7 Å². The van der Waals surface area contributed by atoms with Crippen molar-refractivity contribution >= 4 is 17.2 Å². The van der Waals surface area contributed by atoms with Crippen molar-refractivity contribution in [3.8, 4) is 6.07 Å². The zero-order valence-corrected chi connectivity index (χ0v) is 14.5. The average molecular weight is 333 g/mol. The first-order valence-electron chi connectivity index (χ1n) is 8.15. The van der Waals surface area contributed by atoms with E-state index >= 15 is 0 Å². The number of ketones is 1. The second-order valence-electron chi connectivity index (χ2n) is 6.16. The minimum Gasteiger partial charge on any atom is -0.292 e. The number of aromatic nitrogens is 2. The van der Waals surface area contributed by atoms with Gasteiger partial charge in [-0.3, -0.25) is 9.80 Å². The van der Waals surface area contributed by atoms with Gasteiger partial charge in [0.1, 0.15) is 5.82 Å². The molecule has 25 heavy (non-hydrogen) atoms. The molecule has 1 aromatic heterocycles. The molecular weight excluding hydrogens is 314 g/mol. The van der Waals surface area contributed by atoms with Crippen molar-refractivity contribution < 1.29 is 4.79 Å². The lowest BCUT2D eigenvalue weighted by Gasteiger charge is -2.14. The summed E-state index contributed by atoms with van der Waals surface area (Å²) in [6, 6.07) is 11.0. The van der Waals surface area contributed by atoms with E-state index in [-0.39, 0.29) is 5.78 Å². The van der Waals surface area contributed by atoms with E-state index < -0.39 is 5.92 Å². The van der Waals surface area contributed by atoms with Gasteiger partial charge in [-0.25, -0.2) is 9.97 Å². The fourth-order valence-corrected chi connectivity index (χ4v) is 2.88. The Balaban J connectivity index is 1.85. The summed E-state index contributed by atoms with van der Waals surface area (Å²) in [7, 11) is 0. The molecule has 3 rings (SSSR count). The molecule has 1 atom stereocenters. The van der Waals surface area contributed by atoms with Crippen LogP contribution in [0.2, 0.25) is 0 Å².